The zero-order chi connectivity index (χ0) is 15.5. The molecule has 0 spiro atoms. The van der Waals surface area contributed by atoms with Crippen LogP contribution in [0.5, 0.6) is 0 Å². The minimum absolute atomic E-state index is 0.0570. The molecule has 6 nitrogen and oxygen atoms in total. The summed E-state index contributed by atoms with van der Waals surface area (Å²) in [6, 6.07) is 3.12. The standard InChI is InChI=1S/C14H22ClN5O/c1-20(2)14(5-3-4-6-14)9-17-13(21)10-7-11(15)18-12(8-10)19-16/h7-8H,3-6,9,16H2,1-2H3,(H,17,21)(H,18,19). The monoisotopic (exact) mass is 311 g/mol. The fourth-order valence-electron chi connectivity index (χ4n) is 2.86. The molecule has 1 aromatic rings. The van der Waals surface area contributed by atoms with Crippen molar-refractivity contribution in [3.63, 3.8) is 0 Å². The third kappa shape index (κ3) is 3.64. The number of nitrogens with zero attached hydrogens (tertiary/aromatic N) is 2. The van der Waals surface area contributed by atoms with Crippen molar-refractivity contribution >= 4 is 23.3 Å². The Hall–Kier alpha value is -1.37. The average molecular weight is 312 g/mol. The van der Waals surface area contributed by atoms with E-state index in [1.54, 1.807) is 6.07 Å². The van der Waals surface area contributed by atoms with Gasteiger partial charge < -0.3 is 15.6 Å². The summed E-state index contributed by atoms with van der Waals surface area (Å²) in [6.07, 6.45) is 4.62. The Kier molecular flexibility index (Phi) is 5.03. The summed E-state index contributed by atoms with van der Waals surface area (Å²) in [5.74, 6) is 5.52. The van der Waals surface area contributed by atoms with E-state index in [-0.39, 0.29) is 16.6 Å². The van der Waals surface area contributed by atoms with Crippen LogP contribution in [0.2, 0.25) is 5.15 Å². The van der Waals surface area contributed by atoms with Gasteiger partial charge in [0.05, 0.1) is 0 Å². The van der Waals surface area contributed by atoms with Gasteiger partial charge in [0.1, 0.15) is 11.0 Å². The third-order valence-corrected chi connectivity index (χ3v) is 4.46. The van der Waals surface area contributed by atoms with E-state index in [4.69, 9.17) is 17.4 Å². The molecule has 21 heavy (non-hydrogen) atoms. The fourth-order valence-corrected chi connectivity index (χ4v) is 3.07. The highest BCUT2D eigenvalue weighted by Crippen LogP contribution is 2.33. The first kappa shape index (κ1) is 16.0. The van der Waals surface area contributed by atoms with Gasteiger partial charge in [0.15, 0.2) is 0 Å². The highest BCUT2D eigenvalue weighted by Gasteiger charge is 2.36. The van der Waals surface area contributed by atoms with E-state index in [1.165, 1.54) is 18.9 Å². The van der Waals surface area contributed by atoms with Crippen LogP contribution in [0.25, 0.3) is 0 Å². The predicted octanol–water partition coefficient (Wildman–Crippen LogP) is 1.62. The molecule has 1 aliphatic rings. The van der Waals surface area contributed by atoms with E-state index in [0.29, 0.717) is 17.9 Å². The Labute approximate surface area is 130 Å². The number of nitrogen functional groups attached to an aromatic ring is 1. The largest absolute Gasteiger partial charge is 0.350 e. The fraction of sp³-hybridized carbons (Fsp3) is 0.571. The van der Waals surface area contributed by atoms with Crippen molar-refractivity contribution in [2.75, 3.05) is 26.1 Å². The van der Waals surface area contributed by atoms with Gasteiger partial charge in [-0.05, 0) is 39.1 Å². The molecule has 116 valence electrons. The number of nitrogens with one attached hydrogen (secondary N) is 2. The molecule has 0 saturated heterocycles. The highest BCUT2D eigenvalue weighted by atomic mass is 35.5. The van der Waals surface area contributed by atoms with Crippen molar-refractivity contribution in [1.29, 1.82) is 0 Å². The lowest BCUT2D eigenvalue weighted by molar-refractivity contribution is 0.0900. The second kappa shape index (κ2) is 6.60. The van der Waals surface area contributed by atoms with Crippen molar-refractivity contribution in [3.8, 4) is 0 Å². The van der Waals surface area contributed by atoms with Gasteiger partial charge in [-0.25, -0.2) is 10.8 Å². The van der Waals surface area contributed by atoms with E-state index in [0.717, 1.165) is 12.8 Å². The predicted molar refractivity (Wildman–Crippen MR) is 84.3 cm³/mol. The topological polar surface area (TPSA) is 83.3 Å². The Morgan fingerprint density at radius 2 is 2.10 bits per heavy atom. The van der Waals surface area contributed by atoms with E-state index >= 15 is 0 Å². The summed E-state index contributed by atoms with van der Waals surface area (Å²) >= 11 is 5.88. The van der Waals surface area contributed by atoms with Crippen LogP contribution in [0, 0.1) is 0 Å². The number of halogens is 1. The quantitative estimate of drug-likeness (QED) is 0.437. The van der Waals surface area contributed by atoms with Crippen LogP contribution in [-0.2, 0) is 0 Å². The summed E-state index contributed by atoms with van der Waals surface area (Å²) in [5.41, 5.74) is 2.91. The zero-order valence-corrected chi connectivity index (χ0v) is 13.2. The molecule has 0 unspecified atom stereocenters. The minimum Gasteiger partial charge on any atom is -0.350 e. The van der Waals surface area contributed by atoms with Crippen molar-refractivity contribution in [1.82, 2.24) is 15.2 Å². The SMILES string of the molecule is CN(C)C1(CNC(=O)c2cc(Cl)nc(NN)c2)CCCC1. The van der Waals surface area contributed by atoms with Gasteiger partial charge in [-0.1, -0.05) is 24.4 Å². The van der Waals surface area contributed by atoms with Crippen LogP contribution >= 0.6 is 11.6 Å². The molecule has 1 saturated carbocycles. The van der Waals surface area contributed by atoms with Crippen molar-refractivity contribution in [2.24, 2.45) is 5.84 Å². The molecule has 1 amide bonds. The molecule has 2 rings (SSSR count). The first-order valence-corrected chi connectivity index (χ1v) is 7.44. The lowest BCUT2D eigenvalue weighted by Gasteiger charge is -2.36. The van der Waals surface area contributed by atoms with E-state index in [9.17, 15) is 4.79 Å². The normalized spacial score (nSPS) is 17.0. The Bertz CT molecular complexity index is 514. The van der Waals surface area contributed by atoms with Gasteiger partial charge in [0.25, 0.3) is 5.91 Å². The van der Waals surface area contributed by atoms with Crippen molar-refractivity contribution < 1.29 is 4.79 Å². The first-order valence-electron chi connectivity index (χ1n) is 7.07. The third-order valence-electron chi connectivity index (χ3n) is 4.27. The molecule has 0 radical (unpaired) electrons. The molecule has 0 aromatic carbocycles. The van der Waals surface area contributed by atoms with Crippen LogP contribution in [0.15, 0.2) is 12.1 Å². The number of hydrogen-bond donors (Lipinski definition) is 3. The summed E-state index contributed by atoms with van der Waals surface area (Å²) in [7, 11) is 4.13. The number of carbonyl (C=O) groups is 1. The molecular formula is C14H22ClN5O. The smallest absolute Gasteiger partial charge is 0.251 e. The molecule has 0 atom stereocenters. The molecule has 0 bridgehead atoms. The lowest BCUT2D eigenvalue weighted by atomic mass is 9.96. The zero-order valence-electron chi connectivity index (χ0n) is 12.4. The van der Waals surface area contributed by atoms with Gasteiger partial charge in [-0.3, -0.25) is 4.79 Å². The maximum absolute atomic E-state index is 12.3. The number of nitrogens with two attached hydrogens (primary N) is 1. The van der Waals surface area contributed by atoms with E-state index < -0.39 is 0 Å². The van der Waals surface area contributed by atoms with Crippen LogP contribution in [-0.4, -0.2) is 42.0 Å². The van der Waals surface area contributed by atoms with Crippen LogP contribution in [0.1, 0.15) is 36.0 Å². The van der Waals surface area contributed by atoms with Gasteiger partial charge in [-0.15, -0.1) is 0 Å². The molecule has 1 heterocycles. The van der Waals surface area contributed by atoms with Crippen molar-refractivity contribution in [2.45, 2.75) is 31.2 Å². The Morgan fingerprint density at radius 3 is 2.67 bits per heavy atom. The van der Waals surface area contributed by atoms with E-state index in [2.05, 4.69) is 34.7 Å². The second-order valence-electron chi connectivity index (χ2n) is 5.72. The van der Waals surface area contributed by atoms with Crippen LogP contribution < -0.4 is 16.6 Å². The number of hydrogen-bond acceptors (Lipinski definition) is 5. The number of likely N-dealkylation sites (N-methyl/N-ethyl adjacent to an activating group) is 1. The number of rotatable bonds is 5. The molecule has 4 N–H and O–H groups in total. The van der Waals surface area contributed by atoms with E-state index in [1.807, 2.05) is 0 Å². The summed E-state index contributed by atoms with van der Waals surface area (Å²) in [4.78, 5) is 18.5. The number of pyridine rings is 1. The van der Waals surface area contributed by atoms with Gasteiger partial charge in [0.2, 0.25) is 0 Å². The highest BCUT2D eigenvalue weighted by molar-refractivity contribution is 6.29. The van der Waals surface area contributed by atoms with Crippen LogP contribution in [0.3, 0.4) is 0 Å². The molecule has 1 aromatic heterocycles. The van der Waals surface area contributed by atoms with Crippen molar-refractivity contribution in [3.05, 3.63) is 22.8 Å². The molecule has 1 fully saturated rings. The maximum atomic E-state index is 12.3. The van der Waals surface area contributed by atoms with Gasteiger partial charge in [-0.2, -0.15) is 0 Å². The summed E-state index contributed by atoms with van der Waals surface area (Å²) < 4.78 is 0. The Balaban J connectivity index is 2.06. The molecule has 7 heteroatoms. The number of hydrazine groups is 1. The molecule has 0 aliphatic heterocycles. The maximum Gasteiger partial charge on any atom is 0.251 e. The lowest BCUT2D eigenvalue weighted by Crippen LogP contribution is -2.50. The minimum atomic E-state index is -0.163. The number of amides is 1. The summed E-state index contributed by atoms with van der Waals surface area (Å²) in [6.45, 7) is 0.629. The number of anilines is 1. The average Bonchev–Trinajstić information content (AvgIpc) is 2.94. The number of carbonyl (C=O) groups excluding carboxylic acids is 1. The van der Waals surface area contributed by atoms with Gasteiger partial charge in [0, 0.05) is 17.6 Å². The number of aromatic nitrogens is 1. The second-order valence-corrected chi connectivity index (χ2v) is 6.10. The Morgan fingerprint density at radius 1 is 1.43 bits per heavy atom. The summed E-state index contributed by atoms with van der Waals surface area (Å²) in [5, 5.41) is 3.24. The molecular weight excluding hydrogens is 290 g/mol. The van der Waals surface area contributed by atoms with Gasteiger partial charge >= 0.3 is 0 Å². The van der Waals surface area contributed by atoms with Crippen LogP contribution in [0.4, 0.5) is 5.82 Å². The molecule has 1 aliphatic carbocycles. The first-order chi connectivity index (χ1) is 9.97.